The number of halogens is 3. The molecule has 15 heavy (non-hydrogen) atoms. The summed E-state index contributed by atoms with van der Waals surface area (Å²) < 4.78 is 36.6. The highest BCUT2D eigenvalue weighted by Gasteiger charge is 2.41. The van der Waals surface area contributed by atoms with Gasteiger partial charge in [0.1, 0.15) is 11.7 Å². The first-order chi connectivity index (χ1) is 6.82. The monoisotopic (exact) mass is 218 g/mol. The van der Waals surface area contributed by atoms with Gasteiger partial charge in [0.05, 0.1) is 0 Å². The van der Waals surface area contributed by atoms with Crippen LogP contribution in [0.15, 0.2) is 24.3 Å². The molecule has 0 saturated carbocycles. The molecule has 1 N–H and O–H groups in total. The Kier molecular flexibility index (Phi) is 3.02. The summed E-state index contributed by atoms with van der Waals surface area (Å²) >= 11 is 0. The number of benzene rings is 1. The molecule has 0 radical (unpaired) electrons. The van der Waals surface area contributed by atoms with Crippen LogP contribution in [0.2, 0.25) is 0 Å². The third-order valence-electron chi connectivity index (χ3n) is 2.04. The van der Waals surface area contributed by atoms with E-state index in [9.17, 15) is 18.0 Å². The van der Waals surface area contributed by atoms with Crippen molar-refractivity contribution < 1.29 is 23.1 Å². The van der Waals surface area contributed by atoms with E-state index >= 15 is 0 Å². The molecular formula is C10H9F3O2. The van der Waals surface area contributed by atoms with Gasteiger partial charge in [-0.25, -0.2) is 0 Å². The Morgan fingerprint density at radius 1 is 1.27 bits per heavy atom. The molecule has 0 aliphatic heterocycles. The summed E-state index contributed by atoms with van der Waals surface area (Å²) in [6, 6.07) is 4.69. The maximum atomic E-state index is 12.2. The lowest BCUT2D eigenvalue weighted by Crippen LogP contribution is -2.27. The normalized spacial score (nSPS) is 13.6. The molecule has 0 spiro atoms. The van der Waals surface area contributed by atoms with Gasteiger partial charge in [-0.1, -0.05) is 0 Å². The first-order valence-corrected chi connectivity index (χ1v) is 4.22. The fourth-order valence-corrected chi connectivity index (χ4v) is 1.02. The second-order valence-electron chi connectivity index (χ2n) is 3.17. The molecule has 0 aromatic heterocycles. The summed E-state index contributed by atoms with van der Waals surface area (Å²) in [5.41, 5.74) is -0.0578. The van der Waals surface area contributed by atoms with Crippen LogP contribution < -0.4 is 0 Å². The second-order valence-corrected chi connectivity index (χ2v) is 3.17. The minimum atomic E-state index is -4.53. The van der Waals surface area contributed by atoms with Crippen molar-refractivity contribution in [2.45, 2.75) is 13.1 Å². The van der Waals surface area contributed by atoms with Gasteiger partial charge in [0, 0.05) is 5.56 Å². The molecule has 82 valence electrons. The highest BCUT2D eigenvalue weighted by Crippen LogP contribution is 2.28. The first kappa shape index (κ1) is 11.6. The molecule has 1 unspecified atom stereocenters. The molecule has 0 saturated heterocycles. The number of carbonyl (C=O) groups is 1. The van der Waals surface area contributed by atoms with Gasteiger partial charge >= 0.3 is 6.18 Å². The molecule has 0 bridgehead atoms. The second kappa shape index (κ2) is 3.92. The molecule has 2 nitrogen and oxygen atoms in total. The van der Waals surface area contributed by atoms with Gasteiger partial charge in [0.15, 0.2) is 5.78 Å². The van der Waals surface area contributed by atoms with Crippen LogP contribution in [0.5, 0.6) is 5.75 Å². The van der Waals surface area contributed by atoms with Crippen LogP contribution >= 0.6 is 0 Å². The molecule has 0 aliphatic carbocycles. The summed E-state index contributed by atoms with van der Waals surface area (Å²) in [7, 11) is 0. The number of alkyl halides is 3. The van der Waals surface area contributed by atoms with Crippen LogP contribution in [0.3, 0.4) is 0 Å². The van der Waals surface area contributed by atoms with E-state index in [2.05, 4.69) is 0 Å². The van der Waals surface area contributed by atoms with E-state index in [1.807, 2.05) is 0 Å². The highest BCUT2D eigenvalue weighted by molar-refractivity contribution is 5.98. The number of hydrogen-bond donors (Lipinski definition) is 1. The quantitative estimate of drug-likeness (QED) is 0.775. The smallest absolute Gasteiger partial charge is 0.398 e. The summed E-state index contributed by atoms with van der Waals surface area (Å²) in [6.07, 6.45) is -4.53. The molecule has 1 rings (SSSR count). The lowest BCUT2D eigenvalue weighted by atomic mass is 9.99. The van der Waals surface area contributed by atoms with E-state index in [0.29, 0.717) is 0 Å². The fourth-order valence-electron chi connectivity index (χ4n) is 1.02. The molecule has 0 fully saturated rings. The van der Waals surface area contributed by atoms with E-state index in [1.54, 1.807) is 0 Å². The Morgan fingerprint density at radius 3 is 2.13 bits per heavy atom. The Labute approximate surface area is 84.3 Å². The van der Waals surface area contributed by atoms with Gasteiger partial charge in [-0.2, -0.15) is 13.2 Å². The molecule has 0 heterocycles. The molecule has 0 amide bonds. The summed E-state index contributed by atoms with van der Waals surface area (Å²) in [6.45, 7) is 0.815. The van der Waals surface area contributed by atoms with Crippen LogP contribution in [0.25, 0.3) is 0 Å². The van der Waals surface area contributed by atoms with Gasteiger partial charge in [-0.15, -0.1) is 0 Å². The Hall–Kier alpha value is -1.52. The molecule has 1 aromatic rings. The molecule has 0 aliphatic rings. The Bertz CT molecular complexity index is 354. The number of carbonyl (C=O) groups excluding carboxylic acids is 1. The first-order valence-electron chi connectivity index (χ1n) is 4.22. The molecule has 1 aromatic carbocycles. The number of phenols is 1. The number of phenolic OH excluding ortho intramolecular Hbond substituents is 1. The Morgan fingerprint density at radius 2 is 1.73 bits per heavy atom. The van der Waals surface area contributed by atoms with E-state index in [4.69, 9.17) is 5.11 Å². The van der Waals surface area contributed by atoms with E-state index in [0.717, 1.165) is 6.92 Å². The largest absolute Gasteiger partial charge is 0.508 e. The fraction of sp³-hybridized carbons (Fsp3) is 0.300. The highest BCUT2D eigenvalue weighted by atomic mass is 19.4. The minimum absolute atomic E-state index is 0.0578. The molecule has 5 heteroatoms. The van der Waals surface area contributed by atoms with Gasteiger partial charge in [-0.05, 0) is 31.2 Å². The number of rotatable bonds is 2. The van der Waals surface area contributed by atoms with Crippen LogP contribution in [-0.4, -0.2) is 17.1 Å². The summed E-state index contributed by atoms with van der Waals surface area (Å²) in [4.78, 5) is 11.3. The van der Waals surface area contributed by atoms with Crippen LogP contribution in [0.4, 0.5) is 13.2 Å². The topological polar surface area (TPSA) is 37.3 Å². The van der Waals surface area contributed by atoms with Crippen molar-refractivity contribution in [2.24, 2.45) is 5.92 Å². The Balaban J connectivity index is 2.90. The zero-order valence-electron chi connectivity index (χ0n) is 7.88. The van der Waals surface area contributed by atoms with Gasteiger partial charge in [-0.3, -0.25) is 4.79 Å². The predicted molar refractivity (Wildman–Crippen MR) is 47.7 cm³/mol. The molecular weight excluding hydrogens is 209 g/mol. The SMILES string of the molecule is CC(C(=O)c1ccc(O)cc1)C(F)(F)F. The lowest BCUT2D eigenvalue weighted by molar-refractivity contribution is -0.155. The third kappa shape index (κ3) is 2.71. The average molecular weight is 218 g/mol. The third-order valence-corrected chi connectivity index (χ3v) is 2.04. The van der Waals surface area contributed by atoms with Crippen LogP contribution in [-0.2, 0) is 0 Å². The van der Waals surface area contributed by atoms with E-state index in [1.165, 1.54) is 24.3 Å². The zero-order chi connectivity index (χ0) is 11.6. The lowest BCUT2D eigenvalue weighted by Gasteiger charge is -2.14. The number of aromatic hydroxyl groups is 1. The van der Waals surface area contributed by atoms with Crippen molar-refractivity contribution in [1.29, 1.82) is 0 Å². The van der Waals surface area contributed by atoms with E-state index in [-0.39, 0.29) is 11.3 Å². The van der Waals surface area contributed by atoms with Crippen LogP contribution in [0.1, 0.15) is 17.3 Å². The zero-order valence-corrected chi connectivity index (χ0v) is 7.88. The van der Waals surface area contributed by atoms with Crippen LogP contribution in [0, 0.1) is 5.92 Å². The molecule has 1 atom stereocenters. The van der Waals surface area contributed by atoms with Crippen molar-refractivity contribution in [2.75, 3.05) is 0 Å². The minimum Gasteiger partial charge on any atom is -0.508 e. The van der Waals surface area contributed by atoms with E-state index < -0.39 is 17.9 Å². The van der Waals surface area contributed by atoms with Crippen molar-refractivity contribution >= 4 is 5.78 Å². The van der Waals surface area contributed by atoms with Crippen molar-refractivity contribution in [3.05, 3.63) is 29.8 Å². The number of hydrogen-bond acceptors (Lipinski definition) is 2. The summed E-state index contributed by atoms with van der Waals surface area (Å²) in [5.74, 6) is -3.12. The standard InChI is InChI=1S/C10H9F3O2/c1-6(10(11,12)13)9(15)7-2-4-8(14)5-3-7/h2-6,14H,1H3. The maximum Gasteiger partial charge on any atom is 0.398 e. The van der Waals surface area contributed by atoms with Gasteiger partial charge in [0.25, 0.3) is 0 Å². The number of ketones is 1. The maximum absolute atomic E-state index is 12.2. The summed E-state index contributed by atoms with van der Waals surface area (Å²) in [5, 5.41) is 8.90. The van der Waals surface area contributed by atoms with Crippen molar-refractivity contribution in [3.63, 3.8) is 0 Å². The number of Topliss-reactive ketones (excluding diaryl/α,β-unsaturated/α-hetero) is 1. The van der Waals surface area contributed by atoms with Gasteiger partial charge < -0.3 is 5.11 Å². The van der Waals surface area contributed by atoms with Crippen molar-refractivity contribution in [1.82, 2.24) is 0 Å². The van der Waals surface area contributed by atoms with Crippen molar-refractivity contribution in [3.8, 4) is 5.75 Å². The van der Waals surface area contributed by atoms with Gasteiger partial charge in [0.2, 0.25) is 0 Å². The average Bonchev–Trinajstić information content (AvgIpc) is 2.15. The predicted octanol–water partition coefficient (Wildman–Crippen LogP) is 2.77.